The molecule has 0 bridgehead atoms. The average Bonchev–Trinajstić information content (AvgIpc) is 2.99. The topological polar surface area (TPSA) is 40.5 Å². The van der Waals surface area contributed by atoms with E-state index in [1.165, 1.54) is 4.88 Å². The van der Waals surface area contributed by atoms with E-state index in [0.717, 1.165) is 23.2 Å². The van der Waals surface area contributed by atoms with Gasteiger partial charge in [-0.1, -0.05) is 24.3 Å². The second kappa shape index (κ2) is 6.00. The van der Waals surface area contributed by atoms with E-state index in [9.17, 15) is 9.90 Å². The lowest BCUT2D eigenvalue weighted by molar-refractivity contribution is -0.118. The highest BCUT2D eigenvalue weighted by Crippen LogP contribution is 2.36. The van der Waals surface area contributed by atoms with Crippen LogP contribution in [0.25, 0.3) is 0 Å². The van der Waals surface area contributed by atoms with Crippen LogP contribution in [-0.4, -0.2) is 17.6 Å². The van der Waals surface area contributed by atoms with Crippen LogP contribution >= 0.6 is 11.3 Å². The number of nitrogens with zero attached hydrogens (tertiary/aromatic N) is 1. The molecule has 1 unspecified atom stereocenters. The molecule has 0 radical (unpaired) electrons. The van der Waals surface area contributed by atoms with Gasteiger partial charge in [0.1, 0.15) is 0 Å². The maximum atomic E-state index is 12.6. The minimum atomic E-state index is -0.457. The first-order valence-electron chi connectivity index (χ1n) is 7.27. The van der Waals surface area contributed by atoms with Gasteiger partial charge in [-0.15, -0.1) is 11.3 Å². The molecule has 0 aliphatic carbocycles. The van der Waals surface area contributed by atoms with Gasteiger partial charge in [0.2, 0.25) is 5.91 Å². The number of anilines is 1. The number of rotatable bonds is 3. The van der Waals surface area contributed by atoms with Crippen LogP contribution in [0.5, 0.6) is 0 Å². The number of thiophene rings is 1. The quantitative estimate of drug-likeness (QED) is 0.943. The van der Waals surface area contributed by atoms with Gasteiger partial charge in [-0.2, -0.15) is 0 Å². The Labute approximate surface area is 128 Å². The Morgan fingerprint density at radius 1 is 1.38 bits per heavy atom. The highest BCUT2D eigenvalue weighted by atomic mass is 32.1. The molecule has 1 aliphatic heterocycles. The molecule has 1 aromatic carbocycles. The number of carbonyl (C=O) groups excluding carboxylic acids is 1. The zero-order valence-electron chi connectivity index (χ0n) is 12.1. The van der Waals surface area contributed by atoms with E-state index in [-0.39, 0.29) is 5.91 Å². The largest absolute Gasteiger partial charge is 0.388 e. The van der Waals surface area contributed by atoms with Crippen LogP contribution in [0.1, 0.15) is 34.9 Å². The first-order valence-corrected chi connectivity index (χ1v) is 8.15. The van der Waals surface area contributed by atoms with Gasteiger partial charge in [-0.3, -0.25) is 4.79 Å². The Morgan fingerprint density at radius 2 is 2.24 bits per heavy atom. The third-order valence-corrected chi connectivity index (χ3v) is 4.93. The van der Waals surface area contributed by atoms with E-state index in [1.54, 1.807) is 11.3 Å². The molecule has 1 atom stereocenters. The van der Waals surface area contributed by atoms with Crippen molar-refractivity contribution in [3.05, 3.63) is 51.7 Å². The summed E-state index contributed by atoms with van der Waals surface area (Å²) in [4.78, 5) is 15.7. The van der Waals surface area contributed by atoms with Gasteiger partial charge >= 0.3 is 0 Å². The Morgan fingerprint density at radius 3 is 3.00 bits per heavy atom. The fourth-order valence-corrected chi connectivity index (χ4v) is 3.62. The zero-order valence-corrected chi connectivity index (χ0v) is 12.9. The second-order valence-electron chi connectivity index (χ2n) is 5.44. The molecule has 1 N–H and O–H groups in total. The lowest BCUT2D eigenvalue weighted by atomic mass is 9.95. The van der Waals surface area contributed by atoms with Crippen molar-refractivity contribution < 1.29 is 9.90 Å². The van der Waals surface area contributed by atoms with Crippen molar-refractivity contribution in [2.24, 2.45) is 0 Å². The van der Waals surface area contributed by atoms with E-state index >= 15 is 0 Å². The number of para-hydroxylation sites is 1. The fraction of sp³-hybridized carbons (Fsp3) is 0.353. The van der Waals surface area contributed by atoms with Crippen molar-refractivity contribution in [2.45, 2.75) is 32.3 Å². The van der Waals surface area contributed by atoms with E-state index in [4.69, 9.17) is 0 Å². The molecule has 0 spiro atoms. The molecule has 4 heteroatoms. The normalized spacial score (nSPS) is 17.6. The highest BCUT2D eigenvalue weighted by molar-refractivity contribution is 7.09. The average molecular weight is 301 g/mol. The Hall–Kier alpha value is -1.65. The van der Waals surface area contributed by atoms with Crippen LogP contribution in [0.15, 0.2) is 35.7 Å². The number of fused-ring (bicyclic) bond motifs is 1. The van der Waals surface area contributed by atoms with Crippen LogP contribution in [0, 0.1) is 6.92 Å². The number of amides is 1. The van der Waals surface area contributed by atoms with Crippen LogP contribution in [0.2, 0.25) is 0 Å². The molecule has 2 aromatic rings. The summed E-state index contributed by atoms with van der Waals surface area (Å²) in [6, 6.07) is 9.94. The van der Waals surface area contributed by atoms with Gasteiger partial charge in [-0.25, -0.2) is 0 Å². The molecular formula is C17H19NO2S. The summed E-state index contributed by atoms with van der Waals surface area (Å²) < 4.78 is 0. The van der Waals surface area contributed by atoms with E-state index in [0.29, 0.717) is 19.4 Å². The Bertz CT molecular complexity index is 636. The predicted molar refractivity (Wildman–Crippen MR) is 85.7 cm³/mol. The third kappa shape index (κ3) is 2.87. The van der Waals surface area contributed by atoms with Crippen molar-refractivity contribution in [3.8, 4) is 0 Å². The van der Waals surface area contributed by atoms with Crippen molar-refractivity contribution in [1.82, 2.24) is 0 Å². The number of aryl methyl sites for hydroxylation is 2. The minimum absolute atomic E-state index is 0.144. The zero-order chi connectivity index (χ0) is 14.8. The molecular weight excluding hydrogens is 282 g/mol. The summed E-state index contributed by atoms with van der Waals surface area (Å²) in [5.41, 5.74) is 2.84. The molecule has 110 valence electrons. The fourth-order valence-electron chi connectivity index (χ4n) is 2.91. The first kappa shape index (κ1) is 14.3. The summed E-state index contributed by atoms with van der Waals surface area (Å²) in [6.07, 6.45) is 1.46. The summed E-state index contributed by atoms with van der Waals surface area (Å²) in [5.74, 6) is 0.144. The molecule has 3 rings (SSSR count). The molecule has 3 nitrogen and oxygen atoms in total. The van der Waals surface area contributed by atoms with Crippen LogP contribution in [0.3, 0.4) is 0 Å². The monoisotopic (exact) mass is 301 g/mol. The van der Waals surface area contributed by atoms with E-state index in [1.807, 2.05) is 41.5 Å². The van der Waals surface area contributed by atoms with Gasteiger partial charge in [0.25, 0.3) is 0 Å². The first-order chi connectivity index (χ1) is 10.2. The third-order valence-electron chi connectivity index (χ3n) is 3.99. The number of aliphatic hydroxyl groups excluding tert-OH is 1. The van der Waals surface area contributed by atoms with Crippen molar-refractivity contribution >= 4 is 22.9 Å². The van der Waals surface area contributed by atoms with E-state index < -0.39 is 6.10 Å². The summed E-state index contributed by atoms with van der Waals surface area (Å²) in [7, 11) is 0. The van der Waals surface area contributed by atoms with Crippen molar-refractivity contribution in [2.75, 3.05) is 11.4 Å². The molecule has 0 fully saturated rings. The van der Waals surface area contributed by atoms with Gasteiger partial charge in [0.05, 0.1) is 11.8 Å². The van der Waals surface area contributed by atoms with Crippen molar-refractivity contribution in [1.29, 1.82) is 0 Å². The summed E-state index contributed by atoms with van der Waals surface area (Å²) >= 11 is 1.69. The van der Waals surface area contributed by atoms with Gasteiger partial charge in [0.15, 0.2) is 0 Å². The van der Waals surface area contributed by atoms with Crippen molar-refractivity contribution in [3.63, 3.8) is 0 Å². The van der Waals surface area contributed by atoms with Gasteiger partial charge < -0.3 is 10.0 Å². The second-order valence-corrected chi connectivity index (χ2v) is 6.47. The number of aliphatic hydroxyl groups is 1. The highest BCUT2D eigenvalue weighted by Gasteiger charge is 2.28. The summed E-state index contributed by atoms with van der Waals surface area (Å²) in [5, 5.41) is 12.2. The number of benzene rings is 1. The number of hydrogen-bond acceptors (Lipinski definition) is 3. The Kier molecular flexibility index (Phi) is 4.08. The SMILES string of the molecule is Cc1cccc2c1N(C(=O)CCc1cccs1)CCC2O. The maximum Gasteiger partial charge on any atom is 0.227 e. The number of hydrogen-bond donors (Lipinski definition) is 1. The van der Waals surface area contributed by atoms with Crippen LogP contribution in [-0.2, 0) is 11.2 Å². The van der Waals surface area contributed by atoms with Gasteiger partial charge in [0, 0.05) is 23.4 Å². The Balaban J connectivity index is 1.80. The smallest absolute Gasteiger partial charge is 0.227 e. The molecule has 0 saturated heterocycles. The molecule has 2 heterocycles. The predicted octanol–water partition coefficient (Wildman–Crippen LogP) is 3.46. The van der Waals surface area contributed by atoms with E-state index in [2.05, 4.69) is 6.07 Å². The van der Waals surface area contributed by atoms with Gasteiger partial charge in [-0.05, 0) is 36.8 Å². The number of carbonyl (C=O) groups is 1. The lowest BCUT2D eigenvalue weighted by Crippen LogP contribution is -2.37. The van der Waals surface area contributed by atoms with Crippen LogP contribution < -0.4 is 4.90 Å². The lowest BCUT2D eigenvalue weighted by Gasteiger charge is -2.33. The minimum Gasteiger partial charge on any atom is -0.388 e. The van der Waals surface area contributed by atoms with Crippen LogP contribution in [0.4, 0.5) is 5.69 Å². The molecule has 1 amide bonds. The molecule has 0 saturated carbocycles. The molecule has 21 heavy (non-hydrogen) atoms. The molecule has 1 aliphatic rings. The molecule has 1 aromatic heterocycles. The summed E-state index contributed by atoms with van der Waals surface area (Å²) in [6.45, 7) is 2.60. The standard InChI is InChI=1S/C17H19NO2S/c1-12-4-2-6-14-15(19)9-10-18(17(12)14)16(20)8-7-13-5-3-11-21-13/h2-6,11,15,19H,7-10H2,1H3. The maximum absolute atomic E-state index is 12.6.